The predicted molar refractivity (Wildman–Crippen MR) is 73.5 cm³/mol. The molecule has 2 atom stereocenters. The molecule has 4 nitrogen and oxygen atoms in total. The smallest absolute Gasteiger partial charge is 0.344 e. The van der Waals surface area contributed by atoms with Crippen LogP contribution in [0.25, 0.3) is 0 Å². The lowest BCUT2D eigenvalue weighted by Crippen LogP contribution is -2.26. The van der Waals surface area contributed by atoms with Gasteiger partial charge < -0.3 is 15.2 Å². The SMILES string of the molecule is CCNC1CCc2c(OC(CC)C(=O)O)cccc21. The van der Waals surface area contributed by atoms with Gasteiger partial charge in [0.25, 0.3) is 0 Å². The molecule has 4 heteroatoms. The van der Waals surface area contributed by atoms with Gasteiger partial charge >= 0.3 is 5.97 Å². The molecular weight excluding hydrogens is 242 g/mol. The van der Waals surface area contributed by atoms with E-state index in [1.807, 2.05) is 19.1 Å². The van der Waals surface area contributed by atoms with Crippen molar-refractivity contribution in [2.75, 3.05) is 6.54 Å². The molecule has 0 heterocycles. The third kappa shape index (κ3) is 2.89. The molecule has 1 aliphatic rings. The summed E-state index contributed by atoms with van der Waals surface area (Å²) in [5.74, 6) is -0.173. The highest BCUT2D eigenvalue weighted by Gasteiger charge is 2.26. The normalized spacial score (nSPS) is 18.9. The van der Waals surface area contributed by atoms with Crippen molar-refractivity contribution in [1.82, 2.24) is 5.32 Å². The molecule has 0 aliphatic heterocycles. The summed E-state index contributed by atoms with van der Waals surface area (Å²) in [6.07, 6.45) is 1.70. The molecule has 1 aliphatic carbocycles. The van der Waals surface area contributed by atoms with E-state index in [1.54, 1.807) is 0 Å². The number of fused-ring (bicyclic) bond motifs is 1. The predicted octanol–water partition coefficient (Wildman–Crippen LogP) is 2.53. The molecule has 0 spiro atoms. The van der Waals surface area contributed by atoms with Crippen molar-refractivity contribution >= 4 is 5.97 Å². The minimum Gasteiger partial charge on any atom is -0.479 e. The van der Waals surface area contributed by atoms with Crippen LogP contribution >= 0.6 is 0 Å². The Morgan fingerprint density at radius 1 is 1.53 bits per heavy atom. The van der Waals surface area contributed by atoms with Crippen molar-refractivity contribution < 1.29 is 14.6 Å². The monoisotopic (exact) mass is 263 g/mol. The topological polar surface area (TPSA) is 58.6 Å². The van der Waals surface area contributed by atoms with Gasteiger partial charge in [0, 0.05) is 6.04 Å². The first-order chi connectivity index (χ1) is 9.17. The van der Waals surface area contributed by atoms with Crippen LogP contribution in [0.5, 0.6) is 5.75 Å². The molecule has 2 unspecified atom stereocenters. The minimum absolute atomic E-state index is 0.369. The molecule has 1 aromatic carbocycles. The first-order valence-electron chi connectivity index (χ1n) is 6.92. The van der Waals surface area contributed by atoms with Gasteiger partial charge in [0.1, 0.15) is 5.75 Å². The number of rotatable bonds is 6. The minimum atomic E-state index is -0.902. The van der Waals surface area contributed by atoms with Crippen molar-refractivity contribution in [3.05, 3.63) is 29.3 Å². The standard InChI is InChI=1S/C15H21NO3/c1-3-13(15(17)18)19-14-7-5-6-10-11(14)8-9-12(10)16-4-2/h5-7,12-13,16H,3-4,8-9H2,1-2H3,(H,17,18). The maximum absolute atomic E-state index is 11.1. The Kier molecular flexibility index (Phi) is 4.43. The van der Waals surface area contributed by atoms with Gasteiger partial charge in [-0.1, -0.05) is 26.0 Å². The summed E-state index contributed by atoms with van der Waals surface area (Å²) < 4.78 is 5.67. The highest BCUT2D eigenvalue weighted by atomic mass is 16.5. The molecule has 2 rings (SSSR count). The van der Waals surface area contributed by atoms with Gasteiger partial charge in [-0.25, -0.2) is 4.79 Å². The van der Waals surface area contributed by atoms with Gasteiger partial charge in [-0.3, -0.25) is 0 Å². The van der Waals surface area contributed by atoms with E-state index in [0.717, 1.165) is 30.7 Å². The van der Waals surface area contributed by atoms with Crippen molar-refractivity contribution in [1.29, 1.82) is 0 Å². The number of carboxylic acid groups (broad SMARTS) is 1. The maximum Gasteiger partial charge on any atom is 0.344 e. The average Bonchev–Trinajstić information content (AvgIpc) is 2.80. The molecule has 1 aromatic rings. The number of aliphatic carboxylic acids is 1. The summed E-state index contributed by atoms with van der Waals surface area (Å²) in [5, 5.41) is 12.5. The number of carboxylic acids is 1. The third-order valence-corrected chi connectivity index (χ3v) is 3.59. The van der Waals surface area contributed by atoms with Crippen LogP contribution in [0.3, 0.4) is 0 Å². The van der Waals surface area contributed by atoms with E-state index in [1.165, 1.54) is 5.56 Å². The highest BCUT2D eigenvalue weighted by Crippen LogP contribution is 2.37. The van der Waals surface area contributed by atoms with Crippen LogP contribution in [0.2, 0.25) is 0 Å². The number of ether oxygens (including phenoxy) is 1. The molecule has 0 amide bonds. The Morgan fingerprint density at radius 3 is 2.95 bits per heavy atom. The molecule has 0 bridgehead atoms. The van der Waals surface area contributed by atoms with Crippen molar-refractivity contribution in [2.45, 2.75) is 45.3 Å². The molecule has 2 N–H and O–H groups in total. The van der Waals surface area contributed by atoms with E-state index in [4.69, 9.17) is 9.84 Å². The van der Waals surface area contributed by atoms with E-state index in [9.17, 15) is 4.79 Å². The van der Waals surface area contributed by atoms with Crippen LogP contribution in [0.1, 0.15) is 43.9 Å². The van der Waals surface area contributed by atoms with Crippen LogP contribution in [0.15, 0.2) is 18.2 Å². The summed E-state index contributed by atoms with van der Waals surface area (Å²) in [5.41, 5.74) is 2.41. The Bertz CT molecular complexity index is 459. The number of benzene rings is 1. The van der Waals surface area contributed by atoms with E-state index in [2.05, 4.69) is 18.3 Å². The molecule has 19 heavy (non-hydrogen) atoms. The lowest BCUT2D eigenvalue weighted by Gasteiger charge is -2.17. The van der Waals surface area contributed by atoms with Gasteiger partial charge in [0.05, 0.1) is 0 Å². The quantitative estimate of drug-likeness (QED) is 0.828. The van der Waals surface area contributed by atoms with E-state index < -0.39 is 12.1 Å². The lowest BCUT2D eigenvalue weighted by atomic mass is 10.1. The first-order valence-corrected chi connectivity index (χ1v) is 6.92. The summed E-state index contributed by atoms with van der Waals surface area (Å²) >= 11 is 0. The van der Waals surface area contributed by atoms with Crippen LogP contribution in [0.4, 0.5) is 0 Å². The maximum atomic E-state index is 11.1. The molecular formula is C15H21NO3. The Labute approximate surface area is 113 Å². The molecule has 0 saturated carbocycles. The molecule has 0 saturated heterocycles. The third-order valence-electron chi connectivity index (χ3n) is 3.59. The highest BCUT2D eigenvalue weighted by molar-refractivity contribution is 5.72. The van der Waals surface area contributed by atoms with Crippen molar-refractivity contribution in [2.24, 2.45) is 0 Å². The Morgan fingerprint density at radius 2 is 2.32 bits per heavy atom. The fourth-order valence-corrected chi connectivity index (χ4v) is 2.65. The van der Waals surface area contributed by atoms with Gasteiger partial charge in [-0.2, -0.15) is 0 Å². The van der Waals surface area contributed by atoms with Crippen LogP contribution in [0, 0.1) is 0 Å². The van der Waals surface area contributed by atoms with E-state index >= 15 is 0 Å². The van der Waals surface area contributed by atoms with Crippen LogP contribution in [-0.4, -0.2) is 23.7 Å². The summed E-state index contributed by atoms with van der Waals surface area (Å²) in [6.45, 7) is 4.85. The second-order valence-electron chi connectivity index (χ2n) is 4.83. The van der Waals surface area contributed by atoms with Gasteiger partial charge in [-0.05, 0) is 43.0 Å². The fraction of sp³-hybridized carbons (Fsp3) is 0.533. The zero-order valence-electron chi connectivity index (χ0n) is 11.5. The Balaban J connectivity index is 2.22. The summed E-state index contributed by atoms with van der Waals surface area (Å²) in [6, 6.07) is 6.29. The molecule has 104 valence electrons. The largest absolute Gasteiger partial charge is 0.479 e. The van der Waals surface area contributed by atoms with Gasteiger partial charge in [0.2, 0.25) is 0 Å². The zero-order chi connectivity index (χ0) is 13.8. The first kappa shape index (κ1) is 13.9. The molecule has 0 radical (unpaired) electrons. The lowest BCUT2D eigenvalue weighted by molar-refractivity contribution is -0.145. The van der Waals surface area contributed by atoms with Crippen LogP contribution in [-0.2, 0) is 11.2 Å². The second-order valence-corrected chi connectivity index (χ2v) is 4.83. The van der Waals surface area contributed by atoms with Gasteiger partial charge in [0.15, 0.2) is 6.10 Å². The number of hydrogen-bond donors (Lipinski definition) is 2. The average molecular weight is 263 g/mol. The second kappa shape index (κ2) is 6.06. The van der Waals surface area contributed by atoms with Gasteiger partial charge in [-0.15, -0.1) is 0 Å². The Hall–Kier alpha value is -1.55. The fourth-order valence-electron chi connectivity index (χ4n) is 2.65. The van der Waals surface area contributed by atoms with E-state index in [0.29, 0.717) is 12.5 Å². The zero-order valence-corrected chi connectivity index (χ0v) is 11.5. The molecule has 0 fully saturated rings. The van der Waals surface area contributed by atoms with Crippen molar-refractivity contribution in [3.63, 3.8) is 0 Å². The van der Waals surface area contributed by atoms with Crippen molar-refractivity contribution in [3.8, 4) is 5.75 Å². The summed E-state index contributed by atoms with van der Waals surface area (Å²) in [7, 11) is 0. The number of hydrogen-bond acceptors (Lipinski definition) is 3. The van der Waals surface area contributed by atoms with E-state index in [-0.39, 0.29) is 0 Å². The summed E-state index contributed by atoms with van der Waals surface area (Å²) in [4.78, 5) is 11.1. The molecule has 0 aromatic heterocycles. The number of nitrogens with one attached hydrogen (secondary N) is 1. The van der Waals surface area contributed by atoms with Crippen LogP contribution < -0.4 is 10.1 Å². The number of carbonyl (C=O) groups is 1.